The first-order valence-electron chi connectivity index (χ1n) is 13.5. The molecule has 2 unspecified atom stereocenters. The van der Waals surface area contributed by atoms with E-state index in [0.29, 0.717) is 11.6 Å². The van der Waals surface area contributed by atoms with E-state index in [1.54, 1.807) is 26.2 Å². The zero-order valence-corrected chi connectivity index (χ0v) is 23.4. The van der Waals surface area contributed by atoms with Crippen molar-refractivity contribution in [2.75, 3.05) is 26.8 Å². The van der Waals surface area contributed by atoms with Crippen molar-refractivity contribution < 1.29 is 38.7 Å². The second kappa shape index (κ2) is 15.0. The van der Waals surface area contributed by atoms with E-state index in [4.69, 9.17) is 24.1 Å². The van der Waals surface area contributed by atoms with Crippen LogP contribution in [0.2, 0.25) is 0 Å². The van der Waals surface area contributed by atoms with E-state index in [1.165, 1.54) is 0 Å². The molecule has 42 heavy (non-hydrogen) atoms. The molecule has 0 radical (unpaired) electrons. The Bertz CT molecular complexity index is 1430. The number of imidazole rings is 2. The molecule has 4 rings (SSSR count). The van der Waals surface area contributed by atoms with E-state index < -0.39 is 37.7 Å². The first-order chi connectivity index (χ1) is 20.4. The maximum atomic E-state index is 12.1. The number of hydrogen-bond donors (Lipinski definition) is 4. The monoisotopic (exact) mass is 578 g/mol. The molecule has 0 saturated carbocycles. The van der Waals surface area contributed by atoms with Crippen LogP contribution in [0.3, 0.4) is 0 Å². The lowest BCUT2D eigenvalue weighted by Crippen LogP contribution is -2.29. The highest BCUT2D eigenvalue weighted by atomic mass is 16.6. The fraction of sp³-hybridized carbons (Fsp3) is 0.333. The van der Waals surface area contributed by atoms with Gasteiger partial charge in [-0.05, 0) is 36.1 Å². The highest BCUT2D eigenvalue weighted by molar-refractivity contribution is 5.75. The fourth-order valence-corrected chi connectivity index (χ4v) is 4.35. The van der Waals surface area contributed by atoms with Crippen LogP contribution in [0, 0.1) is 0 Å². The quantitative estimate of drug-likeness (QED) is 0.121. The summed E-state index contributed by atoms with van der Waals surface area (Å²) < 4.78 is 20.4. The van der Waals surface area contributed by atoms with Crippen LogP contribution in [-0.4, -0.2) is 75.0 Å². The van der Waals surface area contributed by atoms with Crippen LogP contribution < -0.4 is 0 Å². The summed E-state index contributed by atoms with van der Waals surface area (Å²) in [6.45, 7) is 2.75. The lowest BCUT2D eigenvalue weighted by Gasteiger charge is -2.13. The number of aliphatic hydroxyl groups excluding tert-OH is 2. The van der Waals surface area contributed by atoms with Gasteiger partial charge in [0, 0.05) is 6.42 Å². The van der Waals surface area contributed by atoms with E-state index in [2.05, 4.69) is 19.9 Å². The third-order valence-corrected chi connectivity index (χ3v) is 6.39. The maximum absolute atomic E-state index is 12.1. The Morgan fingerprint density at radius 1 is 0.762 bits per heavy atom. The zero-order valence-electron chi connectivity index (χ0n) is 23.4. The summed E-state index contributed by atoms with van der Waals surface area (Å²) in [7, 11) is 0. The molecule has 0 spiro atoms. The Morgan fingerprint density at radius 2 is 1.31 bits per heavy atom. The number of esters is 2. The highest BCUT2D eigenvalue weighted by Crippen LogP contribution is 2.28. The minimum Gasteiger partial charge on any atom is -0.466 e. The molecule has 0 aliphatic carbocycles. The molecule has 0 fully saturated rings. The van der Waals surface area contributed by atoms with Crippen molar-refractivity contribution >= 4 is 11.9 Å². The van der Waals surface area contributed by atoms with Gasteiger partial charge in [-0.3, -0.25) is 4.79 Å². The summed E-state index contributed by atoms with van der Waals surface area (Å²) >= 11 is 0. The molecule has 0 aliphatic rings. The minimum absolute atomic E-state index is 0.0671. The van der Waals surface area contributed by atoms with Crippen molar-refractivity contribution in [2.24, 2.45) is 0 Å². The van der Waals surface area contributed by atoms with E-state index in [0.717, 1.165) is 33.6 Å². The van der Waals surface area contributed by atoms with Crippen LogP contribution in [0.25, 0.3) is 33.6 Å². The lowest BCUT2D eigenvalue weighted by molar-refractivity contribution is -0.163. The van der Waals surface area contributed by atoms with Crippen LogP contribution >= 0.6 is 0 Å². The predicted molar refractivity (Wildman–Crippen MR) is 151 cm³/mol. The number of hydrogen-bond acceptors (Lipinski definition) is 10. The van der Waals surface area contributed by atoms with Crippen molar-refractivity contribution in [3.8, 4) is 33.6 Å². The van der Waals surface area contributed by atoms with Gasteiger partial charge in [-0.1, -0.05) is 48.5 Å². The first-order valence-corrected chi connectivity index (χ1v) is 13.5. The van der Waals surface area contributed by atoms with E-state index in [-0.39, 0.29) is 26.1 Å². The smallest absolute Gasteiger partial charge is 0.335 e. The van der Waals surface area contributed by atoms with E-state index in [9.17, 15) is 14.7 Å². The van der Waals surface area contributed by atoms with Crippen molar-refractivity contribution in [2.45, 2.75) is 38.9 Å². The SMILES string of the molecule is CCOC(=O)CC(OCO)c1ncc(-c2ccc(-c3ccc(-c4cnc(CC(OCO)C(=O)OCC)[nH]4)cc3)cc2)[nH]1. The van der Waals surface area contributed by atoms with Crippen LogP contribution in [-0.2, 0) is 35.0 Å². The van der Waals surface area contributed by atoms with Gasteiger partial charge in [0.05, 0.1) is 43.4 Å². The van der Waals surface area contributed by atoms with Gasteiger partial charge in [0.25, 0.3) is 0 Å². The number of aromatic nitrogens is 4. The van der Waals surface area contributed by atoms with Crippen LogP contribution in [0.1, 0.15) is 38.0 Å². The van der Waals surface area contributed by atoms with Gasteiger partial charge in [-0.2, -0.15) is 0 Å². The summed E-state index contributed by atoms with van der Waals surface area (Å²) in [5.74, 6) is -0.0337. The fourth-order valence-electron chi connectivity index (χ4n) is 4.35. The Morgan fingerprint density at radius 3 is 1.88 bits per heavy atom. The number of benzene rings is 2. The average molecular weight is 579 g/mol. The number of carbonyl (C=O) groups excluding carboxylic acids is 2. The molecule has 222 valence electrons. The largest absolute Gasteiger partial charge is 0.466 e. The molecule has 2 heterocycles. The van der Waals surface area contributed by atoms with Crippen LogP contribution in [0.5, 0.6) is 0 Å². The number of H-pyrrole nitrogens is 2. The van der Waals surface area contributed by atoms with Gasteiger partial charge in [-0.25, -0.2) is 14.8 Å². The molecule has 2 aromatic heterocycles. The number of nitrogens with zero attached hydrogens (tertiary/aromatic N) is 2. The molecule has 0 amide bonds. The normalized spacial score (nSPS) is 12.6. The number of rotatable bonds is 15. The molecule has 4 aromatic rings. The number of ether oxygens (including phenoxy) is 4. The molecule has 12 heteroatoms. The summed E-state index contributed by atoms with van der Waals surface area (Å²) in [5.41, 5.74) is 5.35. The van der Waals surface area contributed by atoms with Gasteiger partial charge < -0.3 is 39.1 Å². The number of aliphatic hydroxyl groups is 2. The predicted octanol–water partition coefficient (Wildman–Crippen LogP) is 3.54. The molecular weight excluding hydrogens is 544 g/mol. The molecule has 2 aromatic carbocycles. The highest BCUT2D eigenvalue weighted by Gasteiger charge is 2.23. The zero-order chi connectivity index (χ0) is 29.9. The van der Waals surface area contributed by atoms with Gasteiger partial charge >= 0.3 is 11.9 Å². The first kappa shape index (κ1) is 30.6. The molecule has 12 nitrogen and oxygen atoms in total. The van der Waals surface area contributed by atoms with Crippen molar-refractivity contribution in [3.05, 3.63) is 72.6 Å². The Hall–Kier alpha value is -4.36. The lowest BCUT2D eigenvalue weighted by atomic mass is 10.0. The van der Waals surface area contributed by atoms with Crippen LogP contribution in [0.15, 0.2) is 60.9 Å². The second-order valence-electron chi connectivity index (χ2n) is 9.11. The van der Waals surface area contributed by atoms with Gasteiger partial charge in [-0.15, -0.1) is 0 Å². The summed E-state index contributed by atoms with van der Waals surface area (Å²) in [6, 6.07) is 15.9. The Balaban J connectivity index is 1.42. The van der Waals surface area contributed by atoms with E-state index >= 15 is 0 Å². The minimum atomic E-state index is -0.951. The number of nitrogens with one attached hydrogen (secondary N) is 2. The van der Waals surface area contributed by atoms with Gasteiger partial charge in [0.15, 0.2) is 6.10 Å². The third-order valence-electron chi connectivity index (χ3n) is 6.39. The third kappa shape index (κ3) is 7.89. The van der Waals surface area contributed by atoms with Crippen molar-refractivity contribution in [1.82, 2.24) is 19.9 Å². The molecule has 0 bridgehead atoms. The summed E-state index contributed by atoms with van der Waals surface area (Å²) in [4.78, 5) is 39.0. The average Bonchev–Trinajstić information content (AvgIpc) is 3.68. The van der Waals surface area contributed by atoms with Crippen molar-refractivity contribution in [1.29, 1.82) is 0 Å². The maximum Gasteiger partial charge on any atom is 0.335 e. The molecule has 2 atom stereocenters. The molecule has 4 N–H and O–H groups in total. The Labute approximate surface area is 242 Å². The van der Waals surface area contributed by atoms with Crippen LogP contribution in [0.4, 0.5) is 0 Å². The summed E-state index contributed by atoms with van der Waals surface area (Å²) in [5, 5.41) is 18.3. The summed E-state index contributed by atoms with van der Waals surface area (Å²) in [6.07, 6.45) is 1.71. The molecule has 0 aliphatic heterocycles. The molecular formula is C30H34N4O8. The topological polar surface area (TPSA) is 169 Å². The van der Waals surface area contributed by atoms with E-state index in [1.807, 2.05) is 48.5 Å². The Kier molecular flexibility index (Phi) is 11.0. The van der Waals surface area contributed by atoms with Crippen molar-refractivity contribution in [3.63, 3.8) is 0 Å². The second-order valence-corrected chi connectivity index (χ2v) is 9.11. The molecule has 0 saturated heterocycles. The number of carbonyl (C=O) groups is 2. The standard InChI is InChI=1S/C30H34N4O8/c1-3-39-28(37)14-25(41-17-35)29-32-16-24(34-29)22-11-7-20(8-12-22)19-5-9-21(10-6-19)23-15-31-27(33-23)13-26(42-18-36)30(38)40-4-2/h5-12,15-16,25-26,35-36H,3-4,13-14,17-18H2,1-2H3,(H,31,33)(H,32,34). The number of aromatic amines is 2. The van der Waals surface area contributed by atoms with Gasteiger partial charge in [0.2, 0.25) is 0 Å². The van der Waals surface area contributed by atoms with Gasteiger partial charge in [0.1, 0.15) is 31.3 Å².